The summed E-state index contributed by atoms with van der Waals surface area (Å²) in [4.78, 5) is 2.05. The van der Waals surface area contributed by atoms with Gasteiger partial charge in [0.05, 0.1) is 10.9 Å². The fourth-order valence-corrected chi connectivity index (χ4v) is 4.88. The summed E-state index contributed by atoms with van der Waals surface area (Å²) < 4.78 is 26.4. The van der Waals surface area contributed by atoms with Crippen LogP contribution in [0.15, 0.2) is 0 Å². The Morgan fingerprint density at radius 2 is 1.83 bits per heavy atom. The first kappa shape index (κ1) is 14.2. The summed E-state index contributed by atoms with van der Waals surface area (Å²) in [5, 5.41) is 9.50. The van der Waals surface area contributed by atoms with E-state index < -0.39 is 15.6 Å². The SMILES string of the molecule is CC(C)(O)CN1CCC(S(=O)(=O)N2CCCC2)C1. The number of hydrogen-bond acceptors (Lipinski definition) is 4. The second-order valence-corrected chi connectivity index (χ2v) is 8.32. The van der Waals surface area contributed by atoms with Gasteiger partial charge in [0.1, 0.15) is 0 Å². The van der Waals surface area contributed by atoms with Crippen molar-refractivity contribution in [1.29, 1.82) is 0 Å². The first-order valence-corrected chi connectivity index (χ1v) is 8.23. The molecule has 2 aliphatic rings. The molecule has 0 spiro atoms. The van der Waals surface area contributed by atoms with Crippen LogP contribution < -0.4 is 0 Å². The topological polar surface area (TPSA) is 60.9 Å². The molecular weight excluding hydrogens is 252 g/mol. The van der Waals surface area contributed by atoms with Gasteiger partial charge in [-0.05, 0) is 39.7 Å². The third kappa shape index (κ3) is 3.23. The number of likely N-dealkylation sites (tertiary alicyclic amines) is 1. The van der Waals surface area contributed by atoms with E-state index in [4.69, 9.17) is 0 Å². The standard InChI is InChI=1S/C12H24N2O3S/c1-12(2,15)10-13-8-5-11(9-13)18(16,17)14-6-3-4-7-14/h11,15H,3-10H2,1-2H3. The Morgan fingerprint density at radius 3 is 2.39 bits per heavy atom. The van der Waals surface area contributed by atoms with Crippen molar-refractivity contribution in [1.82, 2.24) is 9.21 Å². The van der Waals surface area contributed by atoms with E-state index in [0.29, 0.717) is 32.6 Å². The molecule has 6 heteroatoms. The van der Waals surface area contributed by atoms with Gasteiger partial charge in [-0.25, -0.2) is 12.7 Å². The Balaban J connectivity index is 1.96. The maximum atomic E-state index is 12.4. The minimum atomic E-state index is -3.12. The highest BCUT2D eigenvalue weighted by Crippen LogP contribution is 2.24. The molecule has 0 aromatic carbocycles. The molecule has 1 atom stereocenters. The second kappa shape index (κ2) is 5.07. The molecule has 2 aliphatic heterocycles. The molecule has 2 saturated heterocycles. The van der Waals surface area contributed by atoms with E-state index in [1.54, 1.807) is 18.2 Å². The summed E-state index contributed by atoms with van der Waals surface area (Å²) in [6.45, 7) is 6.75. The number of sulfonamides is 1. The molecule has 0 aromatic heterocycles. The van der Waals surface area contributed by atoms with E-state index in [1.807, 2.05) is 0 Å². The van der Waals surface area contributed by atoms with Gasteiger partial charge in [-0.15, -0.1) is 0 Å². The molecule has 0 aliphatic carbocycles. The molecule has 5 nitrogen and oxygen atoms in total. The normalized spacial score (nSPS) is 28.1. The molecule has 0 saturated carbocycles. The monoisotopic (exact) mass is 276 g/mol. The molecule has 1 unspecified atom stereocenters. The van der Waals surface area contributed by atoms with Gasteiger partial charge in [-0.2, -0.15) is 0 Å². The minimum absolute atomic E-state index is 0.280. The Labute approximate surface area is 110 Å². The molecule has 0 radical (unpaired) electrons. The lowest BCUT2D eigenvalue weighted by atomic mass is 10.1. The van der Waals surface area contributed by atoms with Crippen molar-refractivity contribution in [3.05, 3.63) is 0 Å². The van der Waals surface area contributed by atoms with Crippen LogP contribution in [0.3, 0.4) is 0 Å². The molecule has 0 bridgehead atoms. The third-order valence-electron chi connectivity index (χ3n) is 3.69. The lowest BCUT2D eigenvalue weighted by Gasteiger charge is -2.25. The highest BCUT2D eigenvalue weighted by molar-refractivity contribution is 7.89. The predicted octanol–water partition coefficient (Wildman–Crippen LogP) is 0.257. The van der Waals surface area contributed by atoms with Crippen molar-refractivity contribution in [2.24, 2.45) is 0 Å². The summed E-state index contributed by atoms with van der Waals surface area (Å²) >= 11 is 0. The fourth-order valence-electron chi connectivity index (χ4n) is 2.88. The van der Waals surface area contributed by atoms with Crippen molar-refractivity contribution in [3.63, 3.8) is 0 Å². The first-order valence-electron chi connectivity index (χ1n) is 6.73. The van der Waals surface area contributed by atoms with E-state index in [1.165, 1.54) is 0 Å². The van der Waals surface area contributed by atoms with Crippen LogP contribution in [-0.2, 0) is 10.0 Å². The zero-order valence-electron chi connectivity index (χ0n) is 11.3. The number of aliphatic hydroxyl groups is 1. The van der Waals surface area contributed by atoms with Crippen molar-refractivity contribution in [2.75, 3.05) is 32.7 Å². The summed E-state index contributed by atoms with van der Waals surface area (Å²) in [6.07, 6.45) is 2.66. The van der Waals surface area contributed by atoms with Crippen LogP contribution in [0.25, 0.3) is 0 Å². The third-order valence-corrected chi connectivity index (χ3v) is 6.00. The molecule has 2 rings (SSSR count). The summed E-state index contributed by atoms with van der Waals surface area (Å²) in [7, 11) is -3.12. The zero-order chi connectivity index (χ0) is 13.4. The predicted molar refractivity (Wildman–Crippen MR) is 70.9 cm³/mol. The molecular formula is C12H24N2O3S. The highest BCUT2D eigenvalue weighted by Gasteiger charge is 2.38. The van der Waals surface area contributed by atoms with Crippen LogP contribution in [0.4, 0.5) is 0 Å². The van der Waals surface area contributed by atoms with Crippen molar-refractivity contribution >= 4 is 10.0 Å². The number of hydrogen-bond donors (Lipinski definition) is 1. The lowest BCUT2D eigenvalue weighted by Crippen LogP contribution is -2.41. The Morgan fingerprint density at radius 1 is 1.22 bits per heavy atom. The van der Waals surface area contributed by atoms with Crippen LogP contribution in [0, 0.1) is 0 Å². The van der Waals surface area contributed by atoms with Gasteiger partial charge in [-0.3, -0.25) is 4.90 Å². The minimum Gasteiger partial charge on any atom is -0.389 e. The average Bonchev–Trinajstić information content (AvgIpc) is 2.82. The van der Waals surface area contributed by atoms with Gasteiger partial charge in [0, 0.05) is 26.2 Å². The number of nitrogens with zero attached hydrogens (tertiary/aromatic N) is 2. The average molecular weight is 276 g/mol. The van der Waals surface area contributed by atoms with Gasteiger partial charge in [0.15, 0.2) is 0 Å². The first-order chi connectivity index (χ1) is 8.29. The van der Waals surface area contributed by atoms with E-state index in [2.05, 4.69) is 4.90 Å². The van der Waals surface area contributed by atoms with Crippen LogP contribution in [0.1, 0.15) is 33.1 Å². The fraction of sp³-hybridized carbons (Fsp3) is 1.00. The van der Waals surface area contributed by atoms with Crippen LogP contribution >= 0.6 is 0 Å². The van der Waals surface area contributed by atoms with Gasteiger partial charge in [0.25, 0.3) is 0 Å². The summed E-state index contributed by atoms with van der Waals surface area (Å²) in [6, 6.07) is 0. The molecule has 2 fully saturated rings. The Kier molecular flexibility index (Phi) is 4.02. The quantitative estimate of drug-likeness (QED) is 0.800. The lowest BCUT2D eigenvalue weighted by molar-refractivity contribution is 0.0440. The second-order valence-electron chi connectivity index (χ2n) is 6.11. The van der Waals surface area contributed by atoms with Crippen LogP contribution in [0.2, 0.25) is 0 Å². The van der Waals surface area contributed by atoms with Gasteiger partial charge in [-0.1, -0.05) is 0 Å². The van der Waals surface area contributed by atoms with Gasteiger partial charge in [0.2, 0.25) is 10.0 Å². The van der Waals surface area contributed by atoms with E-state index in [0.717, 1.165) is 19.4 Å². The van der Waals surface area contributed by atoms with Gasteiger partial charge < -0.3 is 5.11 Å². The molecule has 106 valence electrons. The maximum absolute atomic E-state index is 12.4. The van der Waals surface area contributed by atoms with Crippen molar-refractivity contribution < 1.29 is 13.5 Å². The summed E-state index contributed by atoms with van der Waals surface area (Å²) in [5.41, 5.74) is -0.758. The Hall–Kier alpha value is -0.170. The van der Waals surface area contributed by atoms with Crippen molar-refractivity contribution in [3.8, 4) is 0 Å². The zero-order valence-corrected chi connectivity index (χ0v) is 12.1. The number of rotatable bonds is 4. The van der Waals surface area contributed by atoms with E-state index in [-0.39, 0.29) is 5.25 Å². The molecule has 0 amide bonds. The Bertz CT molecular complexity index is 383. The molecule has 2 heterocycles. The van der Waals surface area contributed by atoms with Crippen LogP contribution in [-0.4, -0.2) is 66.3 Å². The van der Waals surface area contributed by atoms with E-state index >= 15 is 0 Å². The smallest absolute Gasteiger partial charge is 0.218 e. The molecule has 1 N–H and O–H groups in total. The van der Waals surface area contributed by atoms with E-state index in [9.17, 15) is 13.5 Å². The summed E-state index contributed by atoms with van der Waals surface area (Å²) in [5.74, 6) is 0. The number of β-amino-alcohol motifs (C(OH)–C–C–N with tert-alkyl or cyclic N) is 1. The maximum Gasteiger partial charge on any atom is 0.218 e. The van der Waals surface area contributed by atoms with Crippen molar-refractivity contribution in [2.45, 2.75) is 44.0 Å². The largest absolute Gasteiger partial charge is 0.389 e. The highest BCUT2D eigenvalue weighted by atomic mass is 32.2. The van der Waals surface area contributed by atoms with Gasteiger partial charge >= 0.3 is 0 Å². The van der Waals surface area contributed by atoms with Crippen LogP contribution in [0.5, 0.6) is 0 Å². The molecule has 18 heavy (non-hydrogen) atoms. The molecule has 0 aromatic rings.